The molecule has 1 unspecified atom stereocenters. The summed E-state index contributed by atoms with van der Waals surface area (Å²) >= 11 is 0. The molecular formula is C28H26N2O5. The van der Waals surface area contributed by atoms with Gasteiger partial charge in [-0.15, -0.1) is 0 Å². The van der Waals surface area contributed by atoms with Crippen molar-refractivity contribution >= 4 is 5.97 Å². The average Bonchev–Trinajstić information content (AvgIpc) is 2.83. The Balaban J connectivity index is 1.54. The van der Waals surface area contributed by atoms with Gasteiger partial charge in [0.15, 0.2) is 6.61 Å². The smallest absolute Gasteiger partial charge is 0.349 e. The van der Waals surface area contributed by atoms with Crippen LogP contribution < -0.4 is 24.7 Å². The quantitative estimate of drug-likeness (QED) is 0.387. The number of ether oxygens (including phenoxy) is 4. The van der Waals surface area contributed by atoms with E-state index in [0.29, 0.717) is 23.7 Å². The van der Waals surface area contributed by atoms with E-state index in [1.165, 1.54) is 0 Å². The van der Waals surface area contributed by atoms with Crippen molar-refractivity contribution in [3.8, 4) is 29.1 Å². The normalized spacial score (nSPS) is 14.4. The van der Waals surface area contributed by atoms with Crippen molar-refractivity contribution in [3.63, 3.8) is 0 Å². The molecular weight excluding hydrogens is 444 g/mol. The number of nitriles is 1. The van der Waals surface area contributed by atoms with Crippen LogP contribution in [0.3, 0.4) is 0 Å². The molecule has 0 radical (unpaired) electrons. The molecule has 0 amide bonds. The van der Waals surface area contributed by atoms with Crippen molar-refractivity contribution in [1.29, 1.82) is 5.26 Å². The predicted molar refractivity (Wildman–Crippen MR) is 130 cm³/mol. The zero-order valence-corrected chi connectivity index (χ0v) is 19.8. The number of esters is 1. The number of fused-ring (bicyclic) bond motifs is 1. The van der Waals surface area contributed by atoms with Gasteiger partial charge in [-0.25, -0.2) is 4.79 Å². The van der Waals surface area contributed by atoms with E-state index >= 15 is 0 Å². The van der Waals surface area contributed by atoms with E-state index in [2.05, 4.69) is 6.07 Å². The maximum Gasteiger partial charge on any atom is 0.349 e. The number of carbonyl (C=O) groups excluding carboxylic acids is 1. The molecule has 0 bridgehead atoms. The van der Waals surface area contributed by atoms with Crippen molar-refractivity contribution in [1.82, 2.24) is 0 Å². The zero-order valence-electron chi connectivity index (χ0n) is 19.8. The summed E-state index contributed by atoms with van der Waals surface area (Å²) in [5.74, 6) is 1.16. The monoisotopic (exact) mass is 470 g/mol. The summed E-state index contributed by atoms with van der Waals surface area (Å²) in [6.07, 6.45) is 0. The van der Waals surface area contributed by atoms with Crippen molar-refractivity contribution in [2.75, 3.05) is 13.2 Å². The number of nitrogens with zero attached hydrogens (tertiary/aromatic N) is 1. The molecule has 1 aliphatic rings. The second kappa shape index (κ2) is 10.2. The predicted octanol–water partition coefficient (Wildman–Crippen LogP) is 4.90. The first-order valence-corrected chi connectivity index (χ1v) is 11.2. The van der Waals surface area contributed by atoms with Gasteiger partial charge in [0.05, 0.1) is 12.5 Å². The molecule has 3 aromatic carbocycles. The number of aryl methyl sites for hydroxylation is 2. The minimum atomic E-state index is -0.548. The van der Waals surface area contributed by atoms with Gasteiger partial charge < -0.3 is 24.7 Å². The van der Waals surface area contributed by atoms with Crippen molar-refractivity contribution in [3.05, 3.63) is 94.4 Å². The maximum atomic E-state index is 12.4. The third-order valence-electron chi connectivity index (χ3n) is 5.69. The van der Waals surface area contributed by atoms with Gasteiger partial charge in [-0.3, -0.25) is 0 Å². The van der Waals surface area contributed by atoms with Crippen molar-refractivity contribution in [2.45, 2.75) is 26.7 Å². The Labute approximate surface area is 204 Å². The lowest BCUT2D eigenvalue weighted by Gasteiger charge is -2.26. The van der Waals surface area contributed by atoms with E-state index in [1.54, 1.807) is 18.2 Å². The topological polar surface area (TPSA) is 104 Å². The van der Waals surface area contributed by atoms with Gasteiger partial charge in [-0.05, 0) is 55.7 Å². The van der Waals surface area contributed by atoms with E-state index in [1.807, 2.05) is 63.2 Å². The van der Waals surface area contributed by atoms with Crippen LogP contribution in [0.4, 0.5) is 0 Å². The van der Waals surface area contributed by atoms with Crippen molar-refractivity contribution < 1.29 is 23.7 Å². The molecule has 0 aliphatic carbocycles. The molecule has 0 fully saturated rings. The van der Waals surface area contributed by atoms with Crippen LogP contribution in [0.5, 0.6) is 23.0 Å². The molecule has 35 heavy (non-hydrogen) atoms. The number of nitrogens with two attached hydrogens (primary N) is 1. The van der Waals surface area contributed by atoms with Crippen LogP contribution in [0.25, 0.3) is 0 Å². The summed E-state index contributed by atoms with van der Waals surface area (Å²) in [6.45, 7) is 6.08. The average molecular weight is 471 g/mol. The third kappa shape index (κ3) is 5.07. The van der Waals surface area contributed by atoms with Gasteiger partial charge in [-0.1, -0.05) is 36.4 Å². The number of hydrogen-bond acceptors (Lipinski definition) is 7. The highest BCUT2D eigenvalue weighted by molar-refractivity contribution is 5.74. The minimum absolute atomic E-state index is 0.0146. The summed E-state index contributed by atoms with van der Waals surface area (Å²) in [7, 11) is 0. The standard InChI is InChI=1S/C28H26N2O5/c1-4-32-20-10-8-19(9-11-20)26-22-13-12-21(14-24(22)35-28(30)23(26)15-29)34-25(31)16-33-27-17(2)6-5-7-18(27)3/h5-14,26H,4,16,30H2,1-3H3. The summed E-state index contributed by atoms with van der Waals surface area (Å²) in [6, 6.07) is 20.5. The highest BCUT2D eigenvalue weighted by Gasteiger charge is 2.31. The Kier molecular flexibility index (Phi) is 6.93. The molecule has 1 heterocycles. The molecule has 1 atom stereocenters. The number of rotatable bonds is 7. The van der Waals surface area contributed by atoms with Gasteiger partial charge in [0, 0.05) is 11.6 Å². The first-order chi connectivity index (χ1) is 16.9. The Hall–Kier alpha value is -4.44. The number of hydrogen-bond donors (Lipinski definition) is 1. The third-order valence-corrected chi connectivity index (χ3v) is 5.69. The lowest BCUT2D eigenvalue weighted by atomic mass is 9.83. The fourth-order valence-electron chi connectivity index (χ4n) is 4.08. The number of allylic oxidation sites excluding steroid dienone is 1. The lowest BCUT2D eigenvalue weighted by Crippen LogP contribution is -2.22. The van der Waals surface area contributed by atoms with E-state index in [-0.39, 0.29) is 18.2 Å². The summed E-state index contributed by atoms with van der Waals surface area (Å²) < 4.78 is 22.4. The highest BCUT2D eigenvalue weighted by atomic mass is 16.6. The summed E-state index contributed by atoms with van der Waals surface area (Å²) in [4.78, 5) is 12.4. The van der Waals surface area contributed by atoms with Crippen LogP contribution in [0.15, 0.2) is 72.1 Å². The van der Waals surface area contributed by atoms with Gasteiger partial charge in [-0.2, -0.15) is 5.26 Å². The van der Waals surface area contributed by atoms with E-state index in [9.17, 15) is 10.1 Å². The second-order valence-corrected chi connectivity index (χ2v) is 8.11. The summed E-state index contributed by atoms with van der Waals surface area (Å²) in [5, 5.41) is 9.75. The SMILES string of the molecule is CCOc1ccc(C2C(C#N)=C(N)Oc3cc(OC(=O)COc4c(C)cccc4C)ccc32)cc1. The Morgan fingerprint density at radius 1 is 1.03 bits per heavy atom. The molecule has 0 aromatic heterocycles. The van der Waals surface area contributed by atoms with Gasteiger partial charge in [0.1, 0.15) is 34.6 Å². The molecule has 3 aromatic rings. The molecule has 7 nitrogen and oxygen atoms in total. The van der Waals surface area contributed by atoms with Crippen LogP contribution in [0.2, 0.25) is 0 Å². The van der Waals surface area contributed by atoms with Gasteiger partial charge in [0.2, 0.25) is 5.88 Å². The van der Waals surface area contributed by atoms with Crippen molar-refractivity contribution in [2.24, 2.45) is 5.73 Å². The molecule has 0 spiro atoms. The summed E-state index contributed by atoms with van der Waals surface area (Å²) in [5.41, 5.74) is 9.89. The van der Waals surface area contributed by atoms with E-state index < -0.39 is 11.9 Å². The van der Waals surface area contributed by atoms with E-state index in [4.69, 9.17) is 24.7 Å². The van der Waals surface area contributed by atoms with E-state index in [0.717, 1.165) is 28.0 Å². The lowest BCUT2D eigenvalue weighted by molar-refractivity contribution is -0.136. The maximum absolute atomic E-state index is 12.4. The van der Waals surface area contributed by atoms with Crippen LogP contribution in [-0.4, -0.2) is 19.2 Å². The molecule has 178 valence electrons. The Morgan fingerprint density at radius 3 is 2.37 bits per heavy atom. The van der Waals surface area contributed by atoms with Crippen LogP contribution in [-0.2, 0) is 4.79 Å². The molecule has 4 rings (SSSR count). The second-order valence-electron chi connectivity index (χ2n) is 8.11. The molecule has 7 heteroatoms. The fourth-order valence-corrected chi connectivity index (χ4v) is 4.08. The first-order valence-electron chi connectivity index (χ1n) is 11.2. The van der Waals surface area contributed by atoms with Gasteiger partial charge >= 0.3 is 5.97 Å². The molecule has 0 saturated heterocycles. The van der Waals surface area contributed by atoms with Gasteiger partial charge in [0.25, 0.3) is 0 Å². The highest BCUT2D eigenvalue weighted by Crippen LogP contribution is 2.43. The Bertz CT molecular complexity index is 1300. The molecule has 1 aliphatic heterocycles. The fraction of sp³-hybridized carbons (Fsp3) is 0.214. The van der Waals surface area contributed by atoms with Crippen LogP contribution in [0.1, 0.15) is 35.1 Å². The molecule has 0 saturated carbocycles. The Morgan fingerprint density at radius 2 is 1.71 bits per heavy atom. The largest absolute Gasteiger partial charge is 0.494 e. The van der Waals surface area contributed by atoms with Crippen LogP contribution in [0, 0.1) is 25.2 Å². The van der Waals surface area contributed by atoms with Crippen LogP contribution >= 0.6 is 0 Å². The number of carbonyl (C=O) groups is 1. The first kappa shape index (κ1) is 23.7. The minimum Gasteiger partial charge on any atom is -0.494 e. The molecule has 2 N–H and O–H groups in total. The number of para-hydroxylation sites is 1. The number of benzene rings is 3. The zero-order chi connectivity index (χ0) is 24.9.